The number of nitrogens with one attached hydrogen (secondary N) is 2. The molecule has 4 N–H and O–H groups in total. The van der Waals surface area contributed by atoms with Crippen molar-refractivity contribution in [3.8, 4) is 0 Å². The Kier molecular flexibility index (Phi) is 3.65. The van der Waals surface area contributed by atoms with E-state index >= 15 is 0 Å². The fourth-order valence-corrected chi connectivity index (χ4v) is 1.74. The van der Waals surface area contributed by atoms with E-state index in [0.29, 0.717) is 22.5 Å². The van der Waals surface area contributed by atoms with E-state index in [4.69, 9.17) is 5.73 Å². The minimum Gasteiger partial charge on any atom is -0.384 e. The summed E-state index contributed by atoms with van der Waals surface area (Å²) < 4.78 is 0. The van der Waals surface area contributed by atoms with Crippen LogP contribution in [0.2, 0.25) is 0 Å². The van der Waals surface area contributed by atoms with Crippen molar-refractivity contribution in [2.75, 3.05) is 5.73 Å². The summed E-state index contributed by atoms with van der Waals surface area (Å²) in [5.74, 6) is 0.0637. The van der Waals surface area contributed by atoms with Crippen molar-refractivity contribution in [1.82, 2.24) is 15.5 Å². The highest BCUT2D eigenvalue weighted by molar-refractivity contribution is 5.94. The number of nitro groups is 1. The van der Waals surface area contributed by atoms with Crippen LogP contribution in [0, 0.1) is 17.0 Å². The predicted octanol–water partition coefficient (Wildman–Crippen LogP) is 1.14. The second-order valence-electron chi connectivity index (χ2n) is 4.25. The van der Waals surface area contributed by atoms with Gasteiger partial charge in [-0.25, -0.2) is 0 Å². The van der Waals surface area contributed by atoms with Crippen LogP contribution in [0.5, 0.6) is 0 Å². The van der Waals surface area contributed by atoms with E-state index in [0.717, 1.165) is 0 Å². The van der Waals surface area contributed by atoms with E-state index in [-0.39, 0.29) is 18.1 Å². The van der Waals surface area contributed by atoms with Crippen molar-refractivity contribution in [3.05, 3.63) is 51.2 Å². The Morgan fingerprint density at radius 2 is 2.30 bits per heavy atom. The van der Waals surface area contributed by atoms with Gasteiger partial charge in [-0.05, 0) is 19.1 Å². The highest BCUT2D eigenvalue weighted by Gasteiger charge is 2.14. The predicted molar refractivity (Wildman–Crippen MR) is 72.0 cm³/mol. The van der Waals surface area contributed by atoms with Crippen LogP contribution in [-0.2, 0) is 6.54 Å². The number of aromatic amines is 1. The van der Waals surface area contributed by atoms with Crippen LogP contribution >= 0.6 is 0 Å². The quantitative estimate of drug-likeness (QED) is 0.569. The molecule has 2 aromatic rings. The third kappa shape index (κ3) is 2.74. The van der Waals surface area contributed by atoms with Gasteiger partial charge in [0.05, 0.1) is 11.1 Å². The van der Waals surface area contributed by atoms with Crippen LogP contribution in [0.3, 0.4) is 0 Å². The number of aryl methyl sites for hydroxylation is 1. The average Bonchev–Trinajstić information content (AvgIpc) is 2.81. The zero-order valence-corrected chi connectivity index (χ0v) is 10.7. The first kappa shape index (κ1) is 13.5. The number of amides is 1. The summed E-state index contributed by atoms with van der Waals surface area (Å²) in [6.45, 7) is 1.82. The van der Waals surface area contributed by atoms with E-state index in [1.54, 1.807) is 6.92 Å². The van der Waals surface area contributed by atoms with Gasteiger partial charge in [0, 0.05) is 29.3 Å². The van der Waals surface area contributed by atoms with Crippen molar-refractivity contribution < 1.29 is 9.72 Å². The molecule has 0 fully saturated rings. The largest absolute Gasteiger partial charge is 0.384 e. The standard InChI is InChI=1S/C12H13N5O3/c1-7-4-8(2-3-10(7)17(19)20)12(18)14-5-9-6-15-16-11(9)13/h2-4,6H,5H2,1H3,(H,14,18)(H3,13,15,16). The normalized spacial score (nSPS) is 10.2. The molecule has 0 aliphatic carbocycles. The summed E-state index contributed by atoms with van der Waals surface area (Å²) in [5, 5.41) is 19.7. The fraction of sp³-hybridized carbons (Fsp3) is 0.167. The van der Waals surface area contributed by atoms with Gasteiger partial charge in [-0.2, -0.15) is 5.10 Å². The molecule has 1 aromatic heterocycles. The smallest absolute Gasteiger partial charge is 0.272 e. The molecular weight excluding hydrogens is 262 g/mol. The molecule has 2 rings (SSSR count). The molecule has 0 spiro atoms. The number of nitro benzene ring substituents is 1. The highest BCUT2D eigenvalue weighted by atomic mass is 16.6. The van der Waals surface area contributed by atoms with Gasteiger partial charge in [0.2, 0.25) is 0 Å². The number of nitrogens with zero attached hydrogens (tertiary/aromatic N) is 2. The number of hydrogen-bond acceptors (Lipinski definition) is 5. The molecule has 1 heterocycles. The zero-order chi connectivity index (χ0) is 14.7. The van der Waals surface area contributed by atoms with Gasteiger partial charge in [0.25, 0.3) is 11.6 Å². The summed E-state index contributed by atoms with van der Waals surface area (Å²) in [6, 6.07) is 4.21. The van der Waals surface area contributed by atoms with Gasteiger partial charge >= 0.3 is 0 Å². The molecule has 1 aromatic carbocycles. The van der Waals surface area contributed by atoms with Crippen LogP contribution < -0.4 is 11.1 Å². The van der Waals surface area contributed by atoms with Crippen LogP contribution in [0.1, 0.15) is 21.5 Å². The number of rotatable bonds is 4. The van der Waals surface area contributed by atoms with Gasteiger partial charge in [-0.15, -0.1) is 0 Å². The summed E-state index contributed by atoms with van der Waals surface area (Å²) in [5.41, 5.74) is 7.06. The minimum absolute atomic E-state index is 0.0133. The molecule has 8 nitrogen and oxygen atoms in total. The number of anilines is 1. The maximum atomic E-state index is 11.9. The molecule has 1 amide bonds. The van der Waals surface area contributed by atoms with Crippen LogP contribution in [0.15, 0.2) is 24.4 Å². The summed E-state index contributed by atoms with van der Waals surface area (Å²) in [7, 11) is 0. The van der Waals surface area contributed by atoms with Crippen LogP contribution in [-0.4, -0.2) is 21.0 Å². The monoisotopic (exact) mass is 275 g/mol. The molecule has 0 unspecified atom stereocenters. The fourth-order valence-electron chi connectivity index (χ4n) is 1.74. The minimum atomic E-state index is -0.483. The maximum Gasteiger partial charge on any atom is 0.272 e. The second kappa shape index (κ2) is 5.39. The summed E-state index contributed by atoms with van der Waals surface area (Å²) in [4.78, 5) is 22.2. The maximum absolute atomic E-state index is 11.9. The first-order valence-electron chi connectivity index (χ1n) is 5.80. The molecule has 104 valence electrons. The number of hydrogen-bond donors (Lipinski definition) is 3. The van der Waals surface area contributed by atoms with E-state index in [2.05, 4.69) is 15.5 Å². The molecule has 20 heavy (non-hydrogen) atoms. The van der Waals surface area contributed by atoms with Crippen molar-refractivity contribution in [3.63, 3.8) is 0 Å². The lowest BCUT2D eigenvalue weighted by Gasteiger charge is -2.05. The lowest BCUT2D eigenvalue weighted by molar-refractivity contribution is -0.385. The highest BCUT2D eigenvalue weighted by Crippen LogP contribution is 2.18. The van der Waals surface area contributed by atoms with Crippen molar-refractivity contribution in [2.45, 2.75) is 13.5 Å². The molecule has 0 bridgehead atoms. The average molecular weight is 275 g/mol. The number of H-pyrrole nitrogens is 1. The van der Waals surface area contributed by atoms with E-state index < -0.39 is 4.92 Å². The molecule has 8 heteroatoms. The van der Waals surface area contributed by atoms with E-state index in [9.17, 15) is 14.9 Å². The van der Waals surface area contributed by atoms with Gasteiger partial charge < -0.3 is 11.1 Å². The zero-order valence-electron chi connectivity index (χ0n) is 10.7. The number of carbonyl (C=O) groups is 1. The van der Waals surface area contributed by atoms with E-state index in [1.807, 2.05) is 0 Å². The Balaban J connectivity index is 2.08. The number of nitrogens with two attached hydrogens (primary N) is 1. The Bertz CT molecular complexity index is 665. The molecule has 0 saturated heterocycles. The number of carbonyl (C=O) groups excluding carboxylic acids is 1. The molecule has 0 aliphatic heterocycles. The van der Waals surface area contributed by atoms with Crippen LogP contribution in [0.4, 0.5) is 11.5 Å². The third-order valence-corrected chi connectivity index (χ3v) is 2.85. The van der Waals surface area contributed by atoms with Gasteiger partial charge in [0.15, 0.2) is 0 Å². The van der Waals surface area contributed by atoms with Gasteiger partial charge in [-0.3, -0.25) is 20.0 Å². The topological polar surface area (TPSA) is 127 Å². The number of aromatic nitrogens is 2. The molecular formula is C12H13N5O3. The lowest BCUT2D eigenvalue weighted by Crippen LogP contribution is -2.23. The molecule has 0 aliphatic rings. The first-order valence-corrected chi connectivity index (χ1v) is 5.80. The van der Waals surface area contributed by atoms with Crippen LogP contribution in [0.25, 0.3) is 0 Å². The molecule has 0 radical (unpaired) electrons. The Morgan fingerprint density at radius 1 is 1.55 bits per heavy atom. The van der Waals surface area contributed by atoms with Gasteiger partial charge in [-0.1, -0.05) is 0 Å². The first-order chi connectivity index (χ1) is 9.49. The molecule has 0 saturated carbocycles. The SMILES string of the molecule is Cc1cc(C(=O)NCc2cn[nH]c2N)ccc1[N+](=O)[O-]. The Labute approximate surface area is 114 Å². The number of nitrogen functional groups attached to an aromatic ring is 1. The Hall–Kier alpha value is -2.90. The number of benzene rings is 1. The van der Waals surface area contributed by atoms with Crippen molar-refractivity contribution in [1.29, 1.82) is 0 Å². The summed E-state index contributed by atoms with van der Waals surface area (Å²) >= 11 is 0. The summed E-state index contributed by atoms with van der Waals surface area (Å²) in [6.07, 6.45) is 1.52. The van der Waals surface area contributed by atoms with Crippen molar-refractivity contribution in [2.24, 2.45) is 0 Å². The second-order valence-corrected chi connectivity index (χ2v) is 4.25. The third-order valence-electron chi connectivity index (χ3n) is 2.85. The van der Waals surface area contributed by atoms with Crippen molar-refractivity contribution >= 4 is 17.4 Å². The Morgan fingerprint density at radius 3 is 2.85 bits per heavy atom. The molecule has 0 atom stereocenters. The van der Waals surface area contributed by atoms with E-state index in [1.165, 1.54) is 24.4 Å². The lowest BCUT2D eigenvalue weighted by atomic mass is 10.1. The van der Waals surface area contributed by atoms with Gasteiger partial charge in [0.1, 0.15) is 5.82 Å².